The fourth-order valence-corrected chi connectivity index (χ4v) is 3.63. The summed E-state index contributed by atoms with van der Waals surface area (Å²) >= 11 is 0. The molecule has 0 bridgehead atoms. The Hall–Kier alpha value is -0.900. The number of hydrogen-bond donors (Lipinski definition) is 1. The first kappa shape index (κ1) is 16.5. The number of likely N-dealkylation sites (N-methyl/N-ethyl adjacent to an activating group) is 2. The molecule has 2 unspecified atom stereocenters. The molecule has 1 aliphatic carbocycles. The van der Waals surface area contributed by atoms with Crippen LogP contribution in [0.1, 0.15) is 36.9 Å². The van der Waals surface area contributed by atoms with E-state index in [9.17, 15) is 0 Å². The maximum absolute atomic E-state index is 3.57. The van der Waals surface area contributed by atoms with Gasteiger partial charge in [0, 0.05) is 12.1 Å². The third-order valence-electron chi connectivity index (χ3n) is 4.72. The number of benzene rings is 1. The van der Waals surface area contributed by atoms with Gasteiger partial charge in [-0.15, -0.1) is 0 Å². The van der Waals surface area contributed by atoms with Crippen molar-refractivity contribution in [1.29, 1.82) is 0 Å². The minimum atomic E-state index is 0.467. The van der Waals surface area contributed by atoms with E-state index < -0.39 is 0 Å². The van der Waals surface area contributed by atoms with Crippen molar-refractivity contribution in [2.24, 2.45) is 0 Å². The summed E-state index contributed by atoms with van der Waals surface area (Å²) in [6.45, 7) is 5.80. The third-order valence-corrected chi connectivity index (χ3v) is 4.72. The summed E-state index contributed by atoms with van der Waals surface area (Å²) in [5.74, 6) is 0. The van der Waals surface area contributed by atoms with Crippen LogP contribution in [0.2, 0.25) is 0 Å². The zero-order chi connectivity index (χ0) is 15.2. The fraction of sp³-hybridized carbons (Fsp3) is 0.667. The molecule has 1 N–H and O–H groups in total. The van der Waals surface area contributed by atoms with Crippen LogP contribution < -0.4 is 5.32 Å². The van der Waals surface area contributed by atoms with Gasteiger partial charge in [-0.3, -0.25) is 4.90 Å². The van der Waals surface area contributed by atoms with Crippen LogP contribution in [0.25, 0.3) is 0 Å². The van der Waals surface area contributed by atoms with Crippen LogP contribution in [0.15, 0.2) is 24.3 Å². The molecule has 0 radical (unpaired) electrons. The lowest BCUT2D eigenvalue weighted by Gasteiger charge is -2.40. The van der Waals surface area contributed by atoms with Crippen LogP contribution in [-0.2, 0) is 6.42 Å². The molecule has 2 rings (SSSR count). The molecule has 0 aromatic heterocycles. The van der Waals surface area contributed by atoms with Crippen molar-refractivity contribution in [2.75, 3.05) is 40.8 Å². The van der Waals surface area contributed by atoms with Gasteiger partial charge >= 0.3 is 0 Å². The first-order valence-electron chi connectivity index (χ1n) is 8.31. The minimum absolute atomic E-state index is 0.467. The molecule has 0 fully saturated rings. The molecular formula is C18H31N3. The quantitative estimate of drug-likeness (QED) is 0.832. The molecule has 2 atom stereocenters. The molecule has 21 heavy (non-hydrogen) atoms. The standard InChI is InChI=1S/C18H31N3/c1-5-21(14-8-13-20(3)4)17-12-11-15-9-6-7-10-16(15)18(17)19-2/h6-7,9-10,17-19H,5,8,11-14H2,1-4H3. The second-order valence-corrected chi connectivity index (χ2v) is 6.36. The van der Waals surface area contributed by atoms with E-state index >= 15 is 0 Å². The Morgan fingerprint density at radius 1 is 1.19 bits per heavy atom. The van der Waals surface area contributed by atoms with Crippen molar-refractivity contribution in [3.63, 3.8) is 0 Å². The summed E-state index contributed by atoms with van der Waals surface area (Å²) in [6.07, 6.45) is 3.72. The van der Waals surface area contributed by atoms with Crippen LogP contribution in [0.5, 0.6) is 0 Å². The Balaban J connectivity index is 2.07. The highest BCUT2D eigenvalue weighted by atomic mass is 15.2. The van der Waals surface area contributed by atoms with Crippen LogP contribution in [0.4, 0.5) is 0 Å². The predicted octanol–water partition coefficient (Wildman–Crippen LogP) is 2.54. The van der Waals surface area contributed by atoms with Crippen LogP contribution >= 0.6 is 0 Å². The van der Waals surface area contributed by atoms with E-state index in [0.29, 0.717) is 12.1 Å². The summed E-state index contributed by atoms with van der Waals surface area (Å²) in [7, 11) is 6.42. The zero-order valence-electron chi connectivity index (χ0n) is 14.1. The van der Waals surface area contributed by atoms with E-state index in [2.05, 4.69) is 67.4 Å². The van der Waals surface area contributed by atoms with Crippen LogP contribution in [-0.4, -0.2) is 56.6 Å². The molecule has 3 nitrogen and oxygen atoms in total. The highest BCUT2D eigenvalue weighted by Gasteiger charge is 2.31. The molecule has 0 amide bonds. The molecule has 3 heteroatoms. The number of aryl methyl sites for hydroxylation is 1. The highest BCUT2D eigenvalue weighted by Crippen LogP contribution is 2.32. The molecule has 1 aliphatic rings. The average Bonchev–Trinajstić information content (AvgIpc) is 2.50. The van der Waals surface area contributed by atoms with Gasteiger partial charge in [0.25, 0.3) is 0 Å². The van der Waals surface area contributed by atoms with Crippen molar-refractivity contribution in [2.45, 2.75) is 38.3 Å². The van der Waals surface area contributed by atoms with E-state index in [4.69, 9.17) is 0 Å². The van der Waals surface area contributed by atoms with Crippen LogP contribution in [0, 0.1) is 0 Å². The molecular weight excluding hydrogens is 258 g/mol. The van der Waals surface area contributed by atoms with Crippen molar-refractivity contribution < 1.29 is 0 Å². The largest absolute Gasteiger partial charge is 0.312 e. The second kappa shape index (κ2) is 7.92. The molecule has 118 valence electrons. The normalized spacial score (nSPS) is 21.8. The molecule has 0 heterocycles. The highest BCUT2D eigenvalue weighted by molar-refractivity contribution is 5.33. The van der Waals surface area contributed by atoms with Gasteiger partial charge in [0.1, 0.15) is 0 Å². The van der Waals surface area contributed by atoms with E-state index in [-0.39, 0.29) is 0 Å². The Bertz CT molecular complexity index is 430. The monoisotopic (exact) mass is 289 g/mol. The summed E-state index contributed by atoms with van der Waals surface area (Å²) in [6, 6.07) is 10.0. The van der Waals surface area contributed by atoms with E-state index in [0.717, 1.165) is 6.54 Å². The lowest BCUT2D eigenvalue weighted by molar-refractivity contribution is 0.145. The van der Waals surface area contributed by atoms with Crippen molar-refractivity contribution >= 4 is 0 Å². The van der Waals surface area contributed by atoms with Crippen molar-refractivity contribution in [3.8, 4) is 0 Å². The third kappa shape index (κ3) is 4.06. The Morgan fingerprint density at radius 3 is 2.62 bits per heavy atom. The maximum Gasteiger partial charge on any atom is 0.0478 e. The Morgan fingerprint density at radius 2 is 1.95 bits per heavy atom. The topological polar surface area (TPSA) is 18.5 Å². The molecule has 1 aromatic carbocycles. The van der Waals surface area contributed by atoms with Gasteiger partial charge in [-0.05, 0) is 71.2 Å². The minimum Gasteiger partial charge on any atom is -0.312 e. The van der Waals surface area contributed by atoms with Gasteiger partial charge in [-0.25, -0.2) is 0 Å². The first-order valence-corrected chi connectivity index (χ1v) is 8.31. The van der Waals surface area contributed by atoms with Crippen LogP contribution in [0.3, 0.4) is 0 Å². The SMILES string of the molecule is CCN(CCCN(C)C)C1CCc2ccccc2C1NC. The number of nitrogens with zero attached hydrogens (tertiary/aromatic N) is 2. The summed E-state index contributed by atoms with van der Waals surface area (Å²) in [4.78, 5) is 4.94. The predicted molar refractivity (Wildman–Crippen MR) is 90.8 cm³/mol. The number of rotatable bonds is 7. The molecule has 0 saturated heterocycles. The van der Waals surface area contributed by atoms with Gasteiger partial charge in [0.15, 0.2) is 0 Å². The molecule has 1 aromatic rings. The number of hydrogen-bond acceptors (Lipinski definition) is 3. The second-order valence-electron chi connectivity index (χ2n) is 6.36. The summed E-state index contributed by atoms with van der Waals surface area (Å²) in [5.41, 5.74) is 3.03. The molecule has 0 spiro atoms. The van der Waals surface area contributed by atoms with Gasteiger partial charge in [-0.1, -0.05) is 31.2 Å². The Kier molecular flexibility index (Phi) is 6.22. The van der Waals surface area contributed by atoms with E-state index in [1.54, 1.807) is 0 Å². The summed E-state index contributed by atoms with van der Waals surface area (Å²) < 4.78 is 0. The fourth-order valence-electron chi connectivity index (χ4n) is 3.63. The Labute approximate surface area is 130 Å². The zero-order valence-corrected chi connectivity index (χ0v) is 14.1. The summed E-state index contributed by atoms with van der Waals surface area (Å²) in [5, 5.41) is 3.57. The van der Waals surface area contributed by atoms with Gasteiger partial charge < -0.3 is 10.2 Å². The van der Waals surface area contributed by atoms with Gasteiger partial charge in [-0.2, -0.15) is 0 Å². The maximum atomic E-state index is 3.57. The number of fused-ring (bicyclic) bond motifs is 1. The smallest absolute Gasteiger partial charge is 0.0478 e. The number of nitrogens with one attached hydrogen (secondary N) is 1. The van der Waals surface area contributed by atoms with Crippen molar-refractivity contribution in [1.82, 2.24) is 15.1 Å². The molecule has 0 aliphatic heterocycles. The first-order chi connectivity index (χ1) is 10.2. The lowest BCUT2D eigenvalue weighted by Crippen LogP contribution is -2.47. The average molecular weight is 289 g/mol. The lowest BCUT2D eigenvalue weighted by atomic mass is 9.83. The molecule has 0 saturated carbocycles. The van der Waals surface area contributed by atoms with Gasteiger partial charge in [0.05, 0.1) is 0 Å². The van der Waals surface area contributed by atoms with E-state index in [1.165, 1.54) is 43.5 Å². The van der Waals surface area contributed by atoms with E-state index in [1.807, 2.05) is 0 Å². The van der Waals surface area contributed by atoms with Gasteiger partial charge in [0.2, 0.25) is 0 Å². The van der Waals surface area contributed by atoms with Crippen molar-refractivity contribution in [3.05, 3.63) is 35.4 Å².